The average molecular weight is 404 g/mol. The number of amides is 1. The standard InChI is InChI=1S/C25H29N3O2/c1-2-3-4-5-6-11-18-30-24-15-10-8-13-21(24)19-26-28-25(29)23-17-16-20-12-7-9-14-22(20)27-23/h7-10,12-17,19H,2-6,11,18H2,1H3,(H,28,29). The van der Waals surface area contributed by atoms with Gasteiger partial charge in [0.1, 0.15) is 11.4 Å². The number of fused-ring (bicyclic) bond motifs is 1. The Morgan fingerprint density at radius 3 is 2.63 bits per heavy atom. The Labute approximate surface area is 178 Å². The van der Waals surface area contributed by atoms with Crippen molar-refractivity contribution in [2.75, 3.05) is 6.61 Å². The Hall–Kier alpha value is -3.21. The molecule has 1 N–H and O–H groups in total. The highest BCUT2D eigenvalue weighted by Crippen LogP contribution is 2.17. The molecule has 0 fully saturated rings. The number of rotatable bonds is 11. The number of hydrazone groups is 1. The molecule has 5 heteroatoms. The van der Waals surface area contributed by atoms with E-state index in [2.05, 4.69) is 22.4 Å². The van der Waals surface area contributed by atoms with Crippen LogP contribution in [0.3, 0.4) is 0 Å². The molecule has 30 heavy (non-hydrogen) atoms. The summed E-state index contributed by atoms with van der Waals surface area (Å²) in [5.41, 5.74) is 4.49. The van der Waals surface area contributed by atoms with E-state index in [1.54, 1.807) is 12.3 Å². The lowest BCUT2D eigenvalue weighted by Gasteiger charge is -2.09. The van der Waals surface area contributed by atoms with Gasteiger partial charge in [0.25, 0.3) is 5.91 Å². The van der Waals surface area contributed by atoms with Crippen molar-refractivity contribution in [1.29, 1.82) is 0 Å². The first kappa shape index (κ1) is 21.5. The number of benzene rings is 2. The summed E-state index contributed by atoms with van der Waals surface area (Å²) < 4.78 is 5.92. The van der Waals surface area contributed by atoms with Crippen LogP contribution in [0, 0.1) is 0 Å². The molecular formula is C25H29N3O2. The highest BCUT2D eigenvalue weighted by atomic mass is 16.5. The minimum Gasteiger partial charge on any atom is -0.493 e. The number of ether oxygens (including phenoxy) is 1. The summed E-state index contributed by atoms with van der Waals surface area (Å²) in [5, 5.41) is 5.09. The SMILES string of the molecule is CCCCCCCCOc1ccccc1C=NNC(=O)c1ccc2ccccc2n1. The van der Waals surface area contributed by atoms with Crippen LogP contribution in [-0.4, -0.2) is 23.7 Å². The normalized spacial score (nSPS) is 11.1. The van der Waals surface area contributed by atoms with Gasteiger partial charge in [-0.05, 0) is 30.7 Å². The summed E-state index contributed by atoms with van der Waals surface area (Å²) in [4.78, 5) is 16.7. The molecule has 0 bridgehead atoms. The maximum atomic E-state index is 12.4. The molecule has 0 spiro atoms. The molecule has 3 aromatic rings. The highest BCUT2D eigenvalue weighted by Gasteiger charge is 2.07. The minimum atomic E-state index is -0.345. The first-order chi connectivity index (χ1) is 14.8. The van der Waals surface area contributed by atoms with Crippen molar-refractivity contribution < 1.29 is 9.53 Å². The quantitative estimate of drug-likeness (QED) is 0.252. The summed E-state index contributed by atoms with van der Waals surface area (Å²) in [6, 6.07) is 19.0. The van der Waals surface area contributed by atoms with Crippen molar-refractivity contribution in [2.45, 2.75) is 45.4 Å². The fourth-order valence-electron chi connectivity index (χ4n) is 3.19. The highest BCUT2D eigenvalue weighted by molar-refractivity contribution is 5.95. The third-order valence-corrected chi connectivity index (χ3v) is 4.88. The van der Waals surface area contributed by atoms with Crippen LogP contribution in [0.4, 0.5) is 0 Å². The van der Waals surface area contributed by atoms with Crippen molar-refractivity contribution in [3.8, 4) is 5.75 Å². The molecule has 1 amide bonds. The minimum absolute atomic E-state index is 0.332. The average Bonchev–Trinajstić information content (AvgIpc) is 2.79. The molecule has 2 aromatic carbocycles. The Balaban J connectivity index is 1.52. The smallest absolute Gasteiger partial charge is 0.289 e. The molecule has 0 aliphatic rings. The zero-order valence-corrected chi connectivity index (χ0v) is 17.5. The lowest BCUT2D eigenvalue weighted by molar-refractivity contribution is 0.0950. The summed E-state index contributed by atoms with van der Waals surface area (Å²) in [6.07, 6.45) is 8.96. The molecule has 0 radical (unpaired) electrons. The molecule has 5 nitrogen and oxygen atoms in total. The molecular weight excluding hydrogens is 374 g/mol. The van der Waals surface area contributed by atoms with Gasteiger partial charge in [0.15, 0.2) is 0 Å². The van der Waals surface area contributed by atoms with Crippen LogP contribution in [0.25, 0.3) is 10.9 Å². The lowest BCUT2D eigenvalue weighted by Crippen LogP contribution is -2.19. The van der Waals surface area contributed by atoms with E-state index in [9.17, 15) is 4.79 Å². The number of nitrogens with zero attached hydrogens (tertiary/aromatic N) is 2. The fourth-order valence-corrected chi connectivity index (χ4v) is 3.19. The molecule has 3 rings (SSSR count). The van der Waals surface area contributed by atoms with Crippen molar-refractivity contribution >= 4 is 23.0 Å². The molecule has 156 valence electrons. The predicted molar refractivity (Wildman–Crippen MR) is 122 cm³/mol. The first-order valence-corrected chi connectivity index (χ1v) is 10.7. The maximum absolute atomic E-state index is 12.4. The summed E-state index contributed by atoms with van der Waals surface area (Å²) >= 11 is 0. The van der Waals surface area contributed by atoms with E-state index in [0.29, 0.717) is 12.3 Å². The van der Waals surface area contributed by atoms with Crippen molar-refractivity contribution in [2.24, 2.45) is 5.10 Å². The van der Waals surface area contributed by atoms with Crippen LogP contribution in [0.5, 0.6) is 5.75 Å². The Morgan fingerprint density at radius 1 is 0.967 bits per heavy atom. The number of aromatic nitrogens is 1. The number of carbonyl (C=O) groups is 1. The Morgan fingerprint density at radius 2 is 1.73 bits per heavy atom. The zero-order valence-electron chi connectivity index (χ0n) is 17.5. The monoisotopic (exact) mass is 403 g/mol. The van der Waals surface area contributed by atoms with Crippen LogP contribution < -0.4 is 10.2 Å². The molecule has 0 unspecified atom stereocenters. The lowest BCUT2D eigenvalue weighted by atomic mass is 10.1. The van der Waals surface area contributed by atoms with E-state index in [1.165, 1.54) is 32.1 Å². The van der Waals surface area contributed by atoms with Gasteiger partial charge in [-0.25, -0.2) is 10.4 Å². The van der Waals surface area contributed by atoms with Gasteiger partial charge in [0.05, 0.1) is 18.3 Å². The topological polar surface area (TPSA) is 63.6 Å². The second-order valence-electron chi connectivity index (χ2n) is 7.24. The van der Waals surface area contributed by atoms with E-state index in [0.717, 1.165) is 28.6 Å². The van der Waals surface area contributed by atoms with Crippen molar-refractivity contribution in [1.82, 2.24) is 10.4 Å². The fraction of sp³-hybridized carbons (Fsp3) is 0.320. The van der Waals surface area contributed by atoms with Gasteiger partial charge in [-0.15, -0.1) is 0 Å². The van der Waals surface area contributed by atoms with Crippen LogP contribution in [0.15, 0.2) is 65.8 Å². The van der Waals surface area contributed by atoms with E-state index in [4.69, 9.17) is 4.74 Å². The second kappa shape index (κ2) is 11.7. The number of carbonyl (C=O) groups excluding carboxylic acids is 1. The van der Waals surface area contributed by atoms with Gasteiger partial charge < -0.3 is 4.74 Å². The third kappa shape index (κ3) is 6.41. The number of nitrogens with one attached hydrogen (secondary N) is 1. The predicted octanol–water partition coefficient (Wildman–Crippen LogP) is 5.74. The van der Waals surface area contributed by atoms with Crippen LogP contribution in [0.1, 0.15) is 61.5 Å². The molecule has 0 aliphatic carbocycles. The van der Waals surface area contributed by atoms with Gasteiger partial charge in [0.2, 0.25) is 0 Å². The van der Waals surface area contributed by atoms with E-state index in [-0.39, 0.29) is 5.91 Å². The van der Waals surface area contributed by atoms with Gasteiger partial charge >= 0.3 is 0 Å². The van der Waals surface area contributed by atoms with Crippen LogP contribution >= 0.6 is 0 Å². The van der Waals surface area contributed by atoms with Gasteiger partial charge in [-0.2, -0.15) is 5.10 Å². The summed E-state index contributed by atoms with van der Waals surface area (Å²) in [5.74, 6) is 0.426. The molecule has 1 aromatic heterocycles. The number of pyridine rings is 1. The van der Waals surface area contributed by atoms with Crippen molar-refractivity contribution in [3.63, 3.8) is 0 Å². The first-order valence-electron chi connectivity index (χ1n) is 10.7. The maximum Gasteiger partial charge on any atom is 0.289 e. The van der Waals surface area contributed by atoms with Gasteiger partial charge in [0, 0.05) is 10.9 Å². The van der Waals surface area contributed by atoms with Gasteiger partial charge in [-0.3, -0.25) is 4.79 Å². The molecule has 1 heterocycles. The van der Waals surface area contributed by atoms with E-state index >= 15 is 0 Å². The molecule has 0 saturated heterocycles. The number of unbranched alkanes of at least 4 members (excludes halogenated alkanes) is 5. The molecule has 0 atom stereocenters. The number of para-hydroxylation sites is 2. The summed E-state index contributed by atoms with van der Waals surface area (Å²) in [6.45, 7) is 2.91. The molecule has 0 aliphatic heterocycles. The van der Waals surface area contributed by atoms with Crippen molar-refractivity contribution in [3.05, 3.63) is 71.9 Å². The summed E-state index contributed by atoms with van der Waals surface area (Å²) in [7, 11) is 0. The largest absolute Gasteiger partial charge is 0.493 e. The van der Waals surface area contributed by atoms with Crippen LogP contribution in [0.2, 0.25) is 0 Å². The molecule has 0 saturated carbocycles. The number of hydrogen-bond donors (Lipinski definition) is 1. The Kier molecular flexibility index (Phi) is 8.39. The second-order valence-corrected chi connectivity index (χ2v) is 7.24. The Bertz CT molecular complexity index is 985. The third-order valence-electron chi connectivity index (χ3n) is 4.88. The van der Waals surface area contributed by atoms with Gasteiger partial charge in [-0.1, -0.05) is 75.4 Å². The van der Waals surface area contributed by atoms with Crippen LogP contribution in [-0.2, 0) is 0 Å². The van der Waals surface area contributed by atoms with E-state index < -0.39 is 0 Å². The number of hydrogen-bond acceptors (Lipinski definition) is 4. The zero-order chi connectivity index (χ0) is 21.0. The van der Waals surface area contributed by atoms with E-state index in [1.807, 2.05) is 54.6 Å².